The zero-order valence-corrected chi connectivity index (χ0v) is 17.2. The van der Waals surface area contributed by atoms with Crippen molar-refractivity contribution in [2.45, 2.75) is 26.2 Å². The molecule has 29 heavy (non-hydrogen) atoms. The number of carbonyl (C=O) groups excluding carboxylic acids is 2. The van der Waals surface area contributed by atoms with Crippen LogP contribution in [0.15, 0.2) is 47.6 Å². The van der Waals surface area contributed by atoms with Crippen LogP contribution in [0, 0.1) is 0 Å². The van der Waals surface area contributed by atoms with Crippen LogP contribution >= 0.6 is 11.6 Å². The summed E-state index contributed by atoms with van der Waals surface area (Å²) >= 11 is 5.79. The van der Waals surface area contributed by atoms with Crippen molar-refractivity contribution in [3.8, 4) is 11.5 Å². The fourth-order valence-electron chi connectivity index (χ4n) is 2.31. The van der Waals surface area contributed by atoms with E-state index in [1.165, 1.54) is 6.21 Å². The lowest BCUT2D eigenvalue weighted by molar-refractivity contribution is -0.126. The highest BCUT2D eigenvalue weighted by molar-refractivity contribution is 6.30. The molecule has 0 fully saturated rings. The van der Waals surface area contributed by atoms with Gasteiger partial charge in [-0.3, -0.25) is 9.59 Å². The summed E-state index contributed by atoms with van der Waals surface area (Å²) < 4.78 is 11.0. The molecule has 8 heteroatoms. The second kappa shape index (κ2) is 11.7. The van der Waals surface area contributed by atoms with Gasteiger partial charge in [-0.1, -0.05) is 24.9 Å². The molecular formula is C21H24ClN3O4. The van der Waals surface area contributed by atoms with Crippen molar-refractivity contribution in [1.29, 1.82) is 0 Å². The lowest BCUT2D eigenvalue weighted by Crippen LogP contribution is -2.24. The van der Waals surface area contributed by atoms with Crippen molar-refractivity contribution in [3.63, 3.8) is 0 Å². The number of nitrogens with one attached hydrogen (secondary N) is 2. The molecule has 2 rings (SSSR count). The molecule has 0 atom stereocenters. The van der Waals surface area contributed by atoms with Gasteiger partial charge in [-0.25, -0.2) is 5.43 Å². The molecule has 0 radical (unpaired) electrons. The maximum Gasteiger partial charge on any atom is 0.249 e. The van der Waals surface area contributed by atoms with Crippen LogP contribution in [-0.2, 0) is 9.59 Å². The standard InChI is InChI=1S/C21H24ClN3O4/c1-3-4-11-29-18-10-5-15(12-19(18)28-2)14-23-25-21(27)13-20(26)24-17-8-6-16(22)7-9-17/h5-10,12,14H,3-4,11,13H2,1-2H3,(H,24,26)(H,25,27). The van der Waals surface area contributed by atoms with E-state index in [1.807, 2.05) is 0 Å². The average molecular weight is 418 g/mol. The van der Waals surface area contributed by atoms with Gasteiger partial charge in [0.1, 0.15) is 6.42 Å². The number of anilines is 1. The third-order valence-corrected chi connectivity index (χ3v) is 4.05. The number of benzene rings is 2. The third kappa shape index (κ3) is 7.83. The normalized spacial score (nSPS) is 10.6. The SMILES string of the molecule is CCCCOc1ccc(C=NNC(=O)CC(=O)Nc2ccc(Cl)cc2)cc1OC. The van der Waals surface area contributed by atoms with Gasteiger partial charge in [0.25, 0.3) is 0 Å². The van der Waals surface area contributed by atoms with Crippen LogP contribution in [-0.4, -0.2) is 31.7 Å². The Bertz CT molecular complexity index is 854. The minimum Gasteiger partial charge on any atom is -0.493 e. The zero-order valence-electron chi connectivity index (χ0n) is 16.4. The van der Waals surface area contributed by atoms with Crippen LogP contribution in [0.5, 0.6) is 11.5 Å². The van der Waals surface area contributed by atoms with Gasteiger partial charge in [-0.05, 0) is 54.4 Å². The topological polar surface area (TPSA) is 89.0 Å². The molecule has 7 nitrogen and oxygen atoms in total. The molecule has 0 saturated carbocycles. The second-order valence-corrected chi connectivity index (χ2v) is 6.57. The van der Waals surface area contributed by atoms with Gasteiger partial charge in [-0.15, -0.1) is 0 Å². The third-order valence-electron chi connectivity index (χ3n) is 3.80. The Kier molecular flexibility index (Phi) is 8.98. The van der Waals surface area contributed by atoms with Crippen molar-refractivity contribution < 1.29 is 19.1 Å². The maximum absolute atomic E-state index is 11.9. The average Bonchev–Trinajstić information content (AvgIpc) is 2.70. The van der Waals surface area contributed by atoms with E-state index >= 15 is 0 Å². The van der Waals surface area contributed by atoms with E-state index < -0.39 is 11.8 Å². The molecule has 2 aromatic carbocycles. The molecule has 0 bridgehead atoms. The lowest BCUT2D eigenvalue weighted by Gasteiger charge is -2.10. The van der Waals surface area contributed by atoms with E-state index in [9.17, 15) is 9.59 Å². The van der Waals surface area contributed by atoms with Crippen LogP contribution in [0.1, 0.15) is 31.7 Å². The molecule has 2 aromatic rings. The van der Waals surface area contributed by atoms with Gasteiger partial charge in [0.05, 0.1) is 19.9 Å². The predicted octanol–water partition coefficient (Wildman–Crippen LogP) is 4.01. The number of hydrogen-bond acceptors (Lipinski definition) is 5. The summed E-state index contributed by atoms with van der Waals surface area (Å²) in [5, 5.41) is 7.05. The largest absolute Gasteiger partial charge is 0.493 e. The van der Waals surface area contributed by atoms with E-state index in [0.717, 1.165) is 18.4 Å². The molecule has 2 amide bonds. The number of hydrazone groups is 1. The smallest absolute Gasteiger partial charge is 0.249 e. The first-order valence-electron chi connectivity index (χ1n) is 9.20. The summed E-state index contributed by atoms with van der Waals surface area (Å²) in [6.07, 6.45) is 3.12. The number of amides is 2. The number of hydrogen-bond donors (Lipinski definition) is 2. The monoisotopic (exact) mass is 417 g/mol. The first-order chi connectivity index (χ1) is 14.0. The van der Waals surface area contributed by atoms with Crippen molar-refractivity contribution in [1.82, 2.24) is 5.43 Å². The van der Waals surface area contributed by atoms with Crippen LogP contribution in [0.25, 0.3) is 0 Å². The molecule has 0 aliphatic rings. The van der Waals surface area contributed by atoms with Crippen molar-refractivity contribution in [2.75, 3.05) is 19.0 Å². The zero-order chi connectivity index (χ0) is 21.1. The number of rotatable bonds is 10. The summed E-state index contributed by atoms with van der Waals surface area (Å²) in [4.78, 5) is 23.7. The molecule has 154 valence electrons. The van der Waals surface area contributed by atoms with Crippen molar-refractivity contribution >= 4 is 35.3 Å². The minimum atomic E-state index is -0.529. The summed E-state index contributed by atoms with van der Waals surface area (Å²) in [5.74, 6) is 0.259. The van der Waals surface area contributed by atoms with Gasteiger partial charge >= 0.3 is 0 Å². The molecule has 0 aromatic heterocycles. The fraction of sp³-hybridized carbons (Fsp3) is 0.286. The number of methoxy groups -OCH3 is 1. The van der Waals surface area contributed by atoms with Gasteiger partial charge in [0.2, 0.25) is 11.8 Å². The van der Waals surface area contributed by atoms with E-state index in [-0.39, 0.29) is 6.42 Å². The molecular weight excluding hydrogens is 394 g/mol. The Hall–Kier alpha value is -3.06. The molecule has 0 aliphatic heterocycles. The Labute approximate surface area is 175 Å². The molecule has 2 N–H and O–H groups in total. The minimum absolute atomic E-state index is 0.354. The van der Waals surface area contributed by atoms with E-state index in [4.69, 9.17) is 21.1 Å². The summed E-state index contributed by atoms with van der Waals surface area (Å²) in [7, 11) is 1.56. The fourth-order valence-corrected chi connectivity index (χ4v) is 2.44. The molecule has 0 aliphatic carbocycles. The van der Waals surface area contributed by atoms with E-state index in [2.05, 4.69) is 22.8 Å². The van der Waals surface area contributed by atoms with Gasteiger partial charge < -0.3 is 14.8 Å². The highest BCUT2D eigenvalue weighted by Gasteiger charge is 2.09. The van der Waals surface area contributed by atoms with Gasteiger partial charge in [0.15, 0.2) is 11.5 Å². The Morgan fingerprint density at radius 1 is 1.10 bits per heavy atom. The Morgan fingerprint density at radius 2 is 1.86 bits per heavy atom. The Morgan fingerprint density at radius 3 is 2.55 bits per heavy atom. The number of nitrogens with zero attached hydrogens (tertiary/aromatic N) is 1. The molecule has 0 heterocycles. The van der Waals surface area contributed by atoms with E-state index in [1.54, 1.807) is 49.6 Å². The molecule has 0 saturated heterocycles. The predicted molar refractivity (Wildman–Crippen MR) is 114 cm³/mol. The van der Waals surface area contributed by atoms with Gasteiger partial charge in [-0.2, -0.15) is 5.10 Å². The number of carbonyl (C=O) groups is 2. The summed E-state index contributed by atoms with van der Waals surface area (Å²) in [6, 6.07) is 11.9. The summed E-state index contributed by atoms with van der Waals surface area (Å²) in [6.45, 7) is 2.71. The molecule has 0 unspecified atom stereocenters. The first kappa shape index (κ1) is 22.2. The number of halogens is 1. The second-order valence-electron chi connectivity index (χ2n) is 6.14. The quantitative estimate of drug-likeness (QED) is 0.264. The highest BCUT2D eigenvalue weighted by Crippen LogP contribution is 2.27. The van der Waals surface area contributed by atoms with Crippen LogP contribution in [0.2, 0.25) is 5.02 Å². The van der Waals surface area contributed by atoms with Crippen molar-refractivity contribution in [3.05, 3.63) is 53.1 Å². The van der Waals surface area contributed by atoms with Gasteiger partial charge in [0, 0.05) is 10.7 Å². The van der Waals surface area contributed by atoms with Crippen LogP contribution in [0.4, 0.5) is 5.69 Å². The first-order valence-corrected chi connectivity index (χ1v) is 9.57. The number of unbranched alkanes of at least 4 members (excludes halogenated alkanes) is 1. The van der Waals surface area contributed by atoms with Crippen LogP contribution < -0.4 is 20.2 Å². The number of ether oxygens (including phenoxy) is 2. The maximum atomic E-state index is 11.9. The summed E-state index contributed by atoms with van der Waals surface area (Å²) in [5.41, 5.74) is 3.60. The van der Waals surface area contributed by atoms with Crippen LogP contribution in [0.3, 0.4) is 0 Å². The van der Waals surface area contributed by atoms with E-state index in [0.29, 0.717) is 28.8 Å². The van der Waals surface area contributed by atoms with Crippen molar-refractivity contribution in [2.24, 2.45) is 5.10 Å². The Balaban J connectivity index is 1.84. The molecule has 0 spiro atoms. The lowest BCUT2D eigenvalue weighted by atomic mass is 10.2. The highest BCUT2D eigenvalue weighted by atomic mass is 35.5.